The summed E-state index contributed by atoms with van der Waals surface area (Å²) in [6.07, 6.45) is 0.918. The zero-order chi connectivity index (χ0) is 27.4. The van der Waals surface area contributed by atoms with Gasteiger partial charge in [0.1, 0.15) is 11.3 Å². The van der Waals surface area contributed by atoms with Crippen LogP contribution in [0.3, 0.4) is 0 Å². The summed E-state index contributed by atoms with van der Waals surface area (Å²) >= 11 is 7.84. The molecule has 3 aromatic rings. The van der Waals surface area contributed by atoms with E-state index in [9.17, 15) is 13.2 Å². The number of carbonyl (C=O) groups is 1. The van der Waals surface area contributed by atoms with Crippen LogP contribution in [0.2, 0.25) is 5.02 Å². The number of nitrogens with zero attached hydrogens (tertiary/aromatic N) is 4. The third-order valence-electron chi connectivity index (χ3n) is 7.16. The first kappa shape index (κ1) is 28.8. The molecule has 4 rings (SSSR count). The summed E-state index contributed by atoms with van der Waals surface area (Å²) in [6.45, 7) is 9.69. The average Bonchev–Trinajstić information content (AvgIpc) is 3.37. The first-order chi connectivity index (χ1) is 18.2. The minimum atomic E-state index is -3.60. The van der Waals surface area contributed by atoms with Crippen molar-refractivity contribution in [2.75, 3.05) is 51.3 Å². The molecule has 2 heterocycles. The number of aromatic nitrogens is 1. The zero-order valence-corrected chi connectivity index (χ0v) is 24.7. The van der Waals surface area contributed by atoms with Gasteiger partial charge in [-0.05, 0) is 57.1 Å². The lowest BCUT2D eigenvalue weighted by Gasteiger charge is -2.33. The molecule has 0 aliphatic carbocycles. The molecule has 0 saturated carbocycles. The van der Waals surface area contributed by atoms with Crippen LogP contribution < -0.4 is 9.64 Å². The number of anilines is 1. The second-order valence-electron chi connectivity index (χ2n) is 9.43. The van der Waals surface area contributed by atoms with E-state index in [-0.39, 0.29) is 16.7 Å². The minimum absolute atomic E-state index is 0.0290. The summed E-state index contributed by atoms with van der Waals surface area (Å²) in [5, 5.41) is 1.15. The Bertz CT molecular complexity index is 1370. The fourth-order valence-corrected chi connectivity index (χ4v) is 7.48. The monoisotopic (exact) mass is 578 g/mol. The number of thiazole rings is 1. The molecular weight excluding hydrogens is 544 g/mol. The predicted molar refractivity (Wildman–Crippen MR) is 154 cm³/mol. The highest BCUT2D eigenvalue weighted by molar-refractivity contribution is 7.89. The van der Waals surface area contributed by atoms with Crippen molar-refractivity contribution in [1.82, 2.24) is 14.2 Å². The zero-order valence-electron chi connectivity index (χ0n) is 22.3. The smallest absolute Gasteiger partial charge is 0.243 e. The SMILES string of the molecule is CCN(CC)CCN(C(=O)C1CCN(S(=O)(=O)c2ccc(C)cc2)CC1)c1nc2c(OC)ccc(Cl)c2s1. The maximum absolute atomic E-state index is 13.9. The highest BCUT2D eigenvalue weighted by Crippen LogP contribution is 2.39. The third-order valence-corrected chi connectivity index (χ3v) is 10.6. The van der Waals surface area contributed by atoms with Gasteiger partial charge in [0.15, 0.2) is 5.13 Å². The molecule has 1 saturated heterocycles. The first-order valence-electron chi connectivity index (χ1n) is 12.9. The summed E-state index contributed by atoms with van der Waals surface area (Å²) in [7, 11) is -2.01. The Morgan fingerprint density at radius 3 is 2.37 bits per heavy atom. The maximum Gasteiger partial charge on any atom is 0.243 e. The summed E-state index contributed by atoms with van der Waals surface area (Å²) in [4.78, 5) is 23.0. The number of hydrogen-bond acceptors (Lipinski definition) is 7. The van der Waals surface area contributed by atoms with Gasteiger partial charge in [-0.2, -0.15) is 4.31 Å². The molecule has 8 nitrogen and oxygen atoms in total. The summed E-state index contributed by atoms with van der Waals surface area (Å²) < 4.78 is 34.1. The van der Waals surface area contributed by atoms with Crippen molar-refractivity contribution in [2.45, 2.75) is 38.5 Å². The Hall–Kier alpha value is -2.24. The van der Waals surface area contributed by atoms with Crippen molar-refractivity contribution >= 4 is 54.2 Å². The molecule has 206 valence electrons. The van der Waals surface area contributed by atoms with E-state index in [1.165, 1.54) is 15.6 Å². The largest absolute Gasteiger partial charge is 0.494 e. The molecule has 0 radical (unpaired) electrons. The lowest BCUT2D eigenvalue weighted by molar-refractivity contribution is -0.123. The molecule has 38 heavy (non-hydrogen) atoms. The molecule has 0 unspecified atom stereocenters. The number of sulfonamides is 1. The lowest BCUT2D eigenvalue weighted by atomic mass is 9.96. The van der Waals surface area contributed by atoms with Gasteiger partial charge in [0, 0.05) is 32.1 Å². The Morgan fingerprint density at radius 2 is 1.76 bits per heavy atom. The van der Waals surface area contributed by atoms with Crippen LogP contribution in [-0.2, 0) is 14.8 Å². The first-order valence-corrected chi connectivity index (χ1v) is 15.6. The number of amides is 1. The quantitative estimate of drug-likeness (QED) is 0.335. The van der Waals surface area contributed by atoms with Crippen LogP contribution in [0.25, 0.3) is 10.2 Å². The predicted octanol–water partition coefficient (Wildman–Crippen LogP) is 5.04. The maximum atomic E-state index is 13.9. The van der Waals surface area contributed by atoms with Gasteiger partial charge < -0.3 is 9.64 Å². The van der Waals surface area contributed by atoms with Crippen molar-refractivity contribution in [3.05, 3.63) is 47.0 Å². The Balaban J connectivity index is 1.56. The number of aryl methyl sites for hydroxylation is 1. The van der Waals surface area contributed by atoms with Gasteiger partial charge in [-0.15, -0.1) is 0 Å². The topological polar surface area (TPSA) is 83.0 Å². The van der Waals surface area contributed by atoms with Crippen LogP contribution in [0, 0.1) is 12.8 Å². The Kier molecular flexibility index (Phi) is 9.31. The number of hydrogen-bond donors (Lipinski definition) is 0. The van der Waals surface area contributed by atoms with E-state index in [4.69, 9.17) is 21.3 Å². The second kappa shape index (κ2) is 12.3. The van der Waals surface area contributed by atoms with E-state index in [2.05, 4.69) is 18.7 Å². The van der Waals surface area contributed by atoms with Gasteiger partial charge in [0.05, 0.1) is 21.7 Å². The standard InChI is InChI=1S/C27H35ClN4O4S2/c1-5-30(6-2)17-18-32(27-29-24-23(36-4)12-11-22(28)25(24)37-27)26(33)20-13-15-31(16-14-20)38(34,35)21-9-7-19(3)8-10-21/h7-12,20H,5-6,13-18H2,1-4H3. The number of benzene rings is 2. The lowest BCUT2D eigenvalue weighted by Crippen LogP contribution is -2.46. The number of ether oxygens (including phenoxy) is 1. The molecule has 1 aliphatic rings. The van der Waals surface area contributed by atoms with Gasteiger partial charge >= 0.3 is 0 Å². The molecule has 11 heteroatoms. The molecule has 0 bridgehead atoms. The normalized spacial score (nSPS) is 15.3. The Labute approximate surface area is 234 Å². The number of methoxy groups -OCH3 is 1. The number of fused-ring (bicyclic) bond motifs is 1. The third kappa shape index (κ3) is 5.99. The summed E-state index contributed by atoms with van der Waals surface area (Å²) in [5.41, 5.74) is 1.64. The van der Waals surface area contributed by atoms with Crippen LogP contribution in [0.5, 0.6) is 5.75 Å². The molecule has 1 aliphatic heterocycles. The minimum Gasteiger partial charge on any atom is -0.494 e. The van der Waals surface area contributed by atoms with Gasteiger partial charge in [-0.1, -0.05) is 54.5 Å². The van der Waals surface area contributed by atoms with Gasteiger partial charge in [0.25, 0.3) is 0 Å². The second-order valence-corrected chi connectivity index (χ2v) is 12.8. The van der Waals surface area contributed by atoms with Crippen LogP contribution in [0.15, 0.2) is 41.3 Å². The van der Waals surface area contributed by atoms with E-state index < -0.39 is 10.0 Å². The number of rotatable bonds is 10. The van der Waals surface area contributed by atoms with E-state index in [0.717, 1.165) is 23.4 Å². The highest BCUT2D eigenvalue weighted by Gasteiger charge is 2.35. The Morgan fingerprint density at radius 1 is 1.11 bits per heavy atom. The summed E-state index contributed by atoms with van der Waals surface area (Å²) in [6, 6.07) is 10.4. The van der Waals surface area contributed by atoms with E-state index >= 15 is 0 Å². The molecule has 1 aromatic heterocycles. The van der Waals surface area contributed by atoms with E-state index in [0.29, 0.717) is 60.4 Å². The molecule has 2 aromatic carbocycles. The van der Waals surface area contributed by atoms with Crippen LogP contribution in [-0.4, -0.2) is 74.9 Å². The highest BCUT2D eigenvalue weighted by atomic mass is 35.5. The van der Waals surface area contributed by atoms with E-state index in [1.54, 1.807) is 48.4 Å². The molecular formula is C27H35ClN4O4S2. The number of piperidine rings is 1. The fraction of sp³-hybridized carbons (Fsp3) is 0.481. The molecule has 0 atom stereocenters. The van der Waals surface area contributed by atoms with Crippen LogP contribution in [0.4, 0.5) is 5.13 Å². The number of likely N-dealkylation sites (N-methyl/N-ethyl adjacent to an activating group) is 1. The van der Waals surface area contributed by atoms with Crippen molar-refractivity contribution in [3.63, 3.8) is 0 Å². The van der Waals surface area contributed by atoms with Crippen molar-refractivity contribution in [2.24, 2.45) is 5.92 Å². The average molecular weight is 579 g/mol. The molecule has 0 spiro atoms. The van der Waals surface area contributed by atoms with Crippen molar-refractivity contribution < 1.29 is 17.9 Å². The van der Waals surface area contributed by atoms with Gasteiger partial charge in [0.2, 0.25) is 15.9 Å². The van der Waals surface area contributed by atoms with Crippen molar-refractivity contribution in [1.29, 1.82) is 0 Å². The van der Waals surface area contributed by atoms with Gasteiger partial charge in [-0.25, -0.2) is 13.4 Å². The van der Waals surface area contributed by atoms with Crippen LogP contribution in [0.1, 0.15) is 32.3 Å². The molecule has 0 N–H and O–H groups in total. The number of halogens is 1. The van der Waals surface area contributed by atoms with Crippen LogP contribution >= 0.6 is 22.9 Å². The molecule has 1 fully saturated rings. The molecule has 1 amide bonds. The van der Waals surface area contributed by atoms with Crippen molar-refractivity contribution in [3.8, 4) is 5.75 Å². The number of carbonyl (C=O) groups excluding carboxylic acids is 1. The van der Waals surface area contributed by atoms with Gasteiger partial charge in [-0.3, -0.25) is 9.69 Å². The fourth-order valence-electron chi connectivity index (χ4n) is 4.73. The summed E-state index contributed by atoms with van der Waals surface area (Å²) in [5.74, 6) is 0.289. The van der Waals surface area contributed by atoms with E-state index in [1.807, 2.05) is 6.92 Å².